The van der Waals surface area contributed by atoms with E-state index >= 15 is 0 Å². The van der Waals surface area contributed by atoms with Gasteiger partial charge in [0.15, 0.2) is 11.0 Å². The molecule has 1 amide bonds. The molecule has 1 aliphatic heterocycles. The Morgan fingerprint density at radius 1 is 1.61 bits per heavy atom. The normalized spacial score (nSPS) is 19.1. The Morgan fingerprint density at radius 2 is 2.33 bits per heavy atom. The van der Waals surface area contributed by atoms with E-state index in [1.165, 1.54) is 11.2 Å². The summed E-state index contributed by atoms with van der Waals surface area (Å²) in [4.78, 5) is 31.8. The summed E-state index contributed by atoms with van der Waals surface area (Å²) < 4.78 is 0. The summed E-state index contributed by atoms with van der Waals surface area (Å²) in [5, 5.41) is 11.9. The number of amides is 1. The Hall–Kier alpha value is -1.89. The van der Waals surface area contributed by atoms with E-state index in [-0.39, 0.29) is 24.0 Å². The van der Waals surface area contributed by atoms with Crippen LogP contribution < -0.4 is 10.2 Å². The predicted octanol–water partition coefficient (Wildman–Crippen LogP) is 0.609. The zero-order valence-corrected chi connectivity index (χ0v) is 10.3. The summed E-state index contributed by atoms with van der Waals surface area (Å²) in [6, 6.07) is 0. The summed E-state index contributed by atoms with van der Waals surface area (Å²) in [5.74, 6) is -1.62. The van der Waals surface area contributed by atoms with Crippen molar-refractivity contribution >= 4 is 35.0 Å². The molecule has 2 N–H and O–H groups in total. The minimum absolute atomic E-state index is 0.0380. The lowest BCUT2D eigenvalue weighted by Crippen LogP contribution is -2.27. The van der Waals surface area contributed by atoms with Crippen LogP contribution in [-0.4, -0.2) is 40.5 Å². The van der Waals surface area contributed by atoms with Crippen LogP contribution in [-0.2, 0) is 9.59 Å². The average molecular weight is 271 g/mol. The maximum Gasteiger partial charge on any atom is 0.308 e. The molecule has 0 radical (unpaired) electrons. The Kier molecular flexibility index (Phi) is 3.33. The van der Waals surface area contributed by atoms with Crippen molar-refractivity contribution < 1.29 is 14.7 Å². The van der Waals surface area contributed by atoms with Gasteiger partial charge in [0.2, 0.25) is 5.91 Å². The second kappa shape index (κ2) is 4.77. The maximum atomic E-state index is 11.8. The van der Waals surface area contributed by atoms with Crippen molar-refractivity contribution in [3.63, 3.8) is 0 Å². The zero-order chi connectivity index (χ0) is 13.3. The Balaban J connectivity index is 2.38. The minimum Gasteiger partial charge on any atom is -0.481 e. The van der Waals surface area contributed by atoms with E-state index in [4.69, 9.17) is 16.7 Å². The molecular formula is C10H11ClN4O3. The van der Waals surface area contributed by atoms with E-state index in [0.717, 1.165) is 0 Å². The van der Waals surface area contributed by atoms with Crippen molar-refractivity contribution in [3.05, 3.63) is 11.5 Å². The predicted molar refractivity (Wildman–Crippen MR) is 64.7 cm³/mol. The molecule has 1 aliphatic rings. The summed E-state index contributed by atoms with van der Waals surface area (Å²) in [5.41, 5.74) is 0.329. The van der Waals surface area contributed by atoms with Gasteiger partial charge in [-0.05, 0) is 0 Å². The van der Waals surface area contributed by atoms with Crippen LogP contribution in [0, 0.1) is 5.92 Å². The van der Waals surface area contributed by atoms with Crippen molar-refractivity contribution in [1.82, 2.24) is 9.97 Å². The van der Waals surface area contributed by atoms with Gasteiger partial charge in [-0.25, -0.2) is 9.97 Å². The van der Waals surface area contributed by atoms with E-state index < -0.39 is 11.9 Å². The van der Waals surface area contributed by atoms with Crippen LogP contribution in [0.15, 0.2) is 6.33 Å². The number of halogens is 1. The quantitative estimate of drug-likeness (QED) is 0.782. The highest BCUT2D eigenvalue weighted by atomic mass is 35.5. The summed E-state index contributed by atoms with van der Waals surface area (Å²) in [7, 11) is 1.64. The van der Waals surface area contributed by atoms with Crippen molar-refractivity contribution in [3.8, 4) is 0 Å². The fourth-order valence-electron chi connectivity index (χ4n) is 1.87. The van der Waals surface area contributed by atoms with Crippen molar-refractivity contribution in [1.29, 1.82) is 0 Å². The zero-order valence-electron chi connectivity index (χ0n) is 9.55. The van der Waals surface area contributed by atoms with Gasteiger partial charge in [0.25, 0.3) is 0 Å². The van der Waals surface area contributed by atoms with Crippen molar-refractivity contribution in [2.75, 3.05) is 23.8 Å². The molecule has 96 valence electrons. The largest absolute Gasteiger partial charge is 0.481 e. The van der Waals surface area contributed by atoms with Crippen LogP contribution in [0.3, 0.4) is 0 Å². The first-order chi connectivity index (χ1) is 8.54. The first-order valence-electron chi connectivity index (χ1n) is 5.26. The number of rotatable bonds is 3. The molecule has 0 spiro atoms. The van der Waals surface area contributed by atoms with Gasteiger partial charge in [-0.15, -0.1) is 0 Å². The molecule has 0 aromatic carbocycles. The Bertz CT molecular complexity index is 508. The molecule has 0 aliphatic carbocycles. The van der Waals surface area contributed by atoms with Gasteiger partial charge in [-0.1, -0.05) is 11.6 Å². The molecule has 1 atom stereocenters. The van der Waals surface area contributed by atoms with Gasteiger partial charge in [0.05, 0.1) is 5.92 Å². The van der Waals surface area contributed by atoms with Gasteiger partial charge in [0, 0.05) is 20.0 Å². The third-order valence-electron chi connectivity index (χ3n) is 2.76. The lowest BCUT2D eigenvalue weighted by atomic mass is 10.1. The van der Waals surface area contributed by atoms with Crippen molar-refractivity contribution in [2.24, 2.45) is 5.92 Å². The molecule has 1 unspecified atom stereocenters. The number of nitrogens with one attached hydrogen (secondary N) is 1. The molecule has 0 bridgehead atoms. The molecule has 18 heavy (non-hydrogen) atoms. The fraction of sp³-hybridized carbons (Fsp3) is 0.400. The number of aliphatic carboxylic acids is 1. The summed E-state index contributed by atoms with van der Waals surface area (Å²) in [6.45, 7) is 0.0793. The number of hydrogen-bond acceptors (Lipinski definition) is 5. The van der Waals surface area contributed by atoms with Crippen molar-refractivity contribution in [2.45, 2.75) is 6.42 Å². The Morgan fingerprint density at radius 3 is 2.89 bits per heavy atom. The van der Waals surface area contributed by atoms with Gasteiger partial charge in [-0.3, -0.25) is 9.59 Å². The minimum atomic E-state index is -0.996. The van der Waals surface area contributed by atoms with E-state index in [1.54, 1.807) is 7.05 Å². The van der Waals surface area contributed by atoms with E-state index in [2.05, 4.69) is 15.3 Å². The monoisotopic (exact) mass is 270 g/mol. The highest BCUT2D eigenvalue weighted by Gasteiger charge is 2.37. The third-order valence-corrected chi connectivity index (χ3v) is 3.04. The number of carboxylic acids is 1. The number of carbonyl (C=O) groups excluding carboxylic acids is 1. The molecule has 0 saturated carbocycles. The average Bonchev–Trinajstić information content (AvgIpc) is 2.71. The number of carbonyl (C=O) groups is 2. The molecule has 8 heteroatoms. The first kappa shape index (κ1) is 12.6. The second-order valence-corrected chi connectivity index (χ2v) is 4.21. The smallest absolute Gasteiger partial charge is 0.308 e. The van der Waals surface area contributed by atoms with Crippen LogP contribution in [0.4, 0.5) is 11.5 Å². The highest BCUT2D eigenvalue weighted by molar-refractivity contribution is 6.33. The van der Waals surface area contributed by atoms with Gasteiger partial charge < -0.3 is 15.3 Å². The first-order valence-corrected chi connectivity index (χ1v) is 5.63. The van der Waals surface area contributed by atoms with Crippen LogP contribution >= 0.6 is 11.6 Å². The third kappa shape index (κ3) is 2.08. The second-order valence-electron chi connectivity index (χ2n) is 3.86. The van der Waals surface area contributed by atoms with Crippen LogP contribution in [0.5, 0.6) is 0 Å². The van der Waals surface area contributed by atoms with E-state index in [1.807, 2.05) is 0 Å². The Labute approximate surface area is 108 Å². The fourth-order valence-corrected chi connectivity index (χ4v) is 2.10. The number of carboxylic acid groups (broad SMARTS) is 1. The number of hydrogen-bond donors (Lipinski definition) is 2. The van der Waals surface area contributed by atoms with E-state index in [0.29, 0.717) is 11.5 Å². The van der Waals surface area contributed by atoms with Crippen LogP contribution in [0.2, 0.25) is 5.15 Å². The van der Waals surface area contributed by atoms with Gasteiger partial charge in [0.1, 0.15) is 12.0 Å². The molecule has 1 aromatic rings. The molecule has 1 fully saturated rings. The lowest BCUT2D eigenvalue weighted by molar-refractivity contribution is -0.141. The molecule has 7 nitrogen and oxygen atoms in total. The standard InChI is InChI=1S/C10H11ClN4O3/c1-12-9-7(8(11)13-4-14-9)15-3-5(10(17)18)2-6(15)16/h4-5H,2-3H2,1H3,(H,17,18)(H,12,13,14). The van der Waals surface area contributed by atoms with Crippen LogP contribution in [0.25, 0.3) is 0 Å². The number of anilines is 2. The van der Waals surface area contributed by atoms with E-state index in [9.17, 15) is 9.59 Å². The molecular weight excluding hydrogens is 260 g/mol. The van der Waals surface area contributed by atoms with Gasteiger partial charge >= 0.3 is 5.97 Å². The molecule has 1 saturated heterocycles. The molecule has 2 heterocycles. The topological polar surface area (TPSA) is 95.4 Å². The summed E-state index contributed by atoms with van der Waals surface area (Å²) >= 11 is 5.95. The van der Waals surface area contributed by atoms with Gasteiger partial charge in [-0.2, -0.15) is 0 Å². The SMILES string of the molecule is CNc1ncnc(Cl)c1N1CC(C(=O)O)CC1=O. The maximum absolute atomic E-state index is 11.8. The molecule has 1 aromatic heterocycles. The number of aromatic nitrogens is 2. The summed E-state index contributed by atoms with van der Waals surface area (Å²) in [6.07, 6.45) is 1.23. The molecule has 2 rings (SSSR count). The van der Waals surface area contributed by atoms with Crippen LogP contribution in [0.1, 0.15) is 6.42 Å². The lowest BCUT2D eigenvalue weighted by Gasteiger charge is -2.19. The highest BCUT2D eigenvalue weighted by Crippen LogP contribution is 2.34. The number of nitrogens with zero attached hydrogens (tertiary/aromatic N) is 3.